The fraction of sp³-hybridized carbons (Fsp3) is 0.0714. The van der Waals surface area contributed by atoms with Crippen LogP contribution in [0.2, 0.25) is 5.02 Å². The molecule has 20 heavy (non-hydrogen) atoms. The highest BCUT2D eigenvalue weighted by Crippen LogP contribution is 2.33. The van der Waals surface area contributed by atoms with E-state index >= 15 is 0 Å². The van der Waals surface area contributed by atoms with Gasteiger partial charge in [0.05, 0.1) is 11.6 Å². The smallest absolute Gasteiger partial charge is 0.243 e. The summed E-state index contributed by atoms with van der Waals surface area (Å²) in [4.78, 5) is 4.35. The highest BCUT2D eigenvalue weighted by molar-refractivity contribution is 9.10. The number of ether oxygens (including phenoxy) is 1. The van der Waals surface area contributed by atoms with Crippen LogP contribution >= 0.6 is 27.5 Å². The van der Waals surface area contributed by atoms with E-state index in [-0.39, 0.29) is 6.61 Å². The van der Waals surface area contributed by atoms with Crippen molar-refractivity contribution in [1.82, 2.24) is 9.38 Å². The molecule has 0 saturated heterocycles. The number of imidazole rings is 1. The largest absolute Gasteiger partial charge is 0.436 e. The van der Waals surface area contributed by atoms with Gasteiger partial charge in [-0.1, -0.05) is 33.6 Å². The zero-order chi connectivity index (χ0) is 14.1. The fourth-order valence-corrected chi connectivity index (χ4v) is 2.62. The van der Waals surface area contributed by atoms with E-state index in [4.69, 9.17) is 16.3 Å². The molecule has 2 aromatic heterocycles. The third kappa shape index (κ3) is 2.40. The minimum absolute atomic E-state index is 0.172. The summed E-state index contributed by atoms with van der Waals surface area (Å²) in [6.07, 6.45) is 1.82. The van der Waals surface area contributed by atoms with E-state index in [2.05, 4.69) is 20.9 Å². The van der Waals surface area contributed by atoms with Gasteiger partial charge in [-0.2, -0.15) is 4.98 Å². The second kappa shape index (κ2) is 5.44. The Hall–Kier alpha value is -1.56. The van der Waals surface area contributed by atoms with Gasteiger partial charge in [0, 0.05) is 10.7 Å². The number of aromatic nitrogens is 2. The van der Waals surface area contributed by atoms with E-state index in [0.717, 1.165) is 4.47 Å². The Morgan fingerprint density at radius 1 is 1.30 bits per heavy atom. The van der Waals surface area contributed by atoms with Crippen molar-refractivity contribution in [2.24, 2.45) is 0 Å². The van der Waals surface area contributed by atoms with Crippen molar-refractivity contribution in [2.75, 3.05) is 0 Å². The zero-order valence-electron chi connectivity index (χ0n) is 10.3. The number of aliphatic hydroxyl groups is 1. The molecule has 0 unspecified atom stereocenters. The van der Waals surface area contributed by atoms with Crippen molar-refractivity contribution in [3.63, 3.8) is 0 Å². The number of hydrogen-bond acceptors (Lipinski definition) is 3. The maximum absolute atomic E-state index is 9.52. The van der Waals surface area contributed by atoms with E-state index in [1.165, 1.54) is 0 Å². The minimum atomic E-state index is -0.172. The molecule has 4 nitrogen and oxygen atoms in total. The molecule has 0 atom stereocenters. The van der Waals surface area contributed by atoms with Crippen LogP contribution < -0.4 is 4.74 Å². The van der Waals surface area contributed by atoms with Gasteiger partial charge in [-0.05, 0) is 30.3 Å². The summed E-state index contributed by atoms with van der Waals surface area (Å²) in [6, 6.07) is 10.9. The Labute approximate surface area is 128 Å². The second-order valence-electron chi connectivity index (χ2n) is 4.13. The first kappa shape index (κ1) is 13.4. The van der Waals surface area contributed by atoms with Gasteiger partial charge < -0.3 is 9.84 Å². The average molecular weight is 354 g/mol. The van der Waals surface area contributed by atoms with Crippen LogP contribution in [-0.4, -0.2) is 14.5 Å². The Kier molecular flexibility index (Phi) is 3.65. The minimum Gasteiger partial charge on any atom is -0.436 e. The molecule has 0 saturated carbocycles. The molecule has 102 valence electrons. The second-order valence-corrected chi connectivity index (χ2v) is 5.45. The van der Waals surface area contributed by atoms with Crippen molar-refractivity contribution in [2.45, 2.75) is 6.61 Å². The molecule has 0 spiro atoms. The lowest BCUT2D eigenvalue weighted by atomic mass is 10.3. The standard InChI is InChI=1S/C14H10BrClN2O2/c15-9-4-5-12(10(16)7-9)20-14-11(8-19)18-6-2-1-3-13(18)17-14/h1-7,19H,8H2. The first-order chi connectivity index (χ1) is 9.69. The Bertz CT molecular complexity index is 773. The van der Waals surface area contributed by atoms with E-state index in [0.29, 0.717) is 28.0 Å². The molecule has 1 N–H and O–H groups in total. The van der Waals surface area contributed by atoms with Gasteiger partial charge in [0.15, 0.2) is 0 Å². The molecule has 3 aromatic rings. The third-order valence-corrected chi connectivity index (χ3v) is 3.63. The number of nitrogens with zero attached hydrogens (tertiary/aromatic N) is 2. The Balaban J connectivity index is 2.06. The van der Waals surface area contributed by atoms with Gasteiger partial charge in [-0.3, -0.25) is 4.40 Å². The quantitative estimate of drug-likeness (QED) is 0.773. The highest BCUT2D eigenvalue weighted by Gasteiger charge is 2.14. The third-order valence-electron chi connectivity index (χ3n) is 2.84. The first-order valence-corrected chi connectivity index (χ1v) is 7.06. The normalized spacial score (nSPS) is 10.9. The van der Waals surface area contributed by atoms with E-state index in [1.807, 2.05) is 30.5 Å². The van der Waals surface area contributed by atoms with Crippen LogP contribution in [0.3, 0.4) is 0 Å². The Morgan fingerprint density at radius 2 is 2.15 bits per heavy atom. The molecule has 1 aromatic carbocycles. The van der Waals surface area contributed by atoms with Gasteiger partial charge in [-0.15, -0.1) is 0 Å². The maximum Gasteiger partial charge on any atom is 0.243 e. The number of hydrogen-bond donors (Lipinski definition) is 1. The van der Waals surface area contributed by atoms with Crippen molar-refractivity contribution < 1.29 is 9.84 Å². The molecule has 0 aliphatic heterocycles. The predicted octanol–water partition coefficient (Wildman–Crippen LogP) is 4.03. The molecule has 0 amide bonds. The Morgan fingerprint density at radius 3 is 2.90 bits per heavy atom. The summed E-state index contributed by atoms with van der Waals surface area (Å²) in [5.41, 5.74) is 1.29. The topological polar surface area (TPSA) is 46.8 Å². The number of aliphatic hydroxyl groups excluding tert-OH is 1. The zero-order valence-corrected chi connectivity index (χ0v) is 12.6. The van der Waals surface area contributed by atoms with Crippen LogP contribution in [0.4, 0.5) is 0 Å². The van der Waals surface area contributed by atoms with Crippen molar-refractivity contribution >= 4 is 33.2 Å². The summed E-state index contributed by atoms with van der Waals surface area (Å²) in [5.74, 6) is 0.843. The maximum atomic E-state index is 9.52. The molecule has 3 rings (SSSR count). The summed E-state index contributed by atoms with van der Waals surface area (Å²) in [5, 5.41) is 9.99. The lowest BCUT2D eigenvalue weighted by Crippen LogP contribution is -1.94. The summed E-state index contributed by atoms with van der Waals surface area (Å²) < 4.78 is 8.37. The van der Waals surface area contributed by atoms with Crippen LogP contribution in [0.15, 0.2) is 47.1 Å². The van der Waals surface area contributed by atoms with E-state index in [1.54, 1.807) is 16.5 Å². The molecule has 0 aliphatic carbocycles. The van der Waals surface area contributed by atoms with Crippen LogP contribution in [0.1, 0.15) is 5.69 Å². The first-order valence-electron chi connectivity index (χ1n) is 5.89. The van der Waals surface area contributed by atoms with Gasteiger partial charge >= 0.3 is 0 Å². The monoisotopic (exact) mass is 352 g/mol. The summed E-state index contributed by atoms with van der Waals surface area (Å²) >= 11 is 9.46. The van der Waals surface area contributed by atoms with Gasteiger partial charge in [0.2, 0.25) is 5.88 Å². The number of halogens is 2. The lowest BCUT2D eigenvalue weighted by Gasteiger charge is -2.06. The molecular weight excluding hydrogens is 344 g/mol. The SMILES string of the molecule is OCc1c(Oc2ccc(Br)cc2Cl)nc2ccccn12. The molecular formula is C14H10BrClN2O2. The van der Waals surface area contributed by atoms with Gasteiger partial charge in [0.1, 0.15) is 17.1 Å². The van der Waals surface area contributed by atoms with Crippen molar-refractivity contribution in [3.05, 3.63) is 57.8 Å². The highest BCUT2D eigenvalue weighted by atomic mass is 79.9. The lowest BCUT2D eigenvalue weighted by molar-refractivity contribution is 0.269. The number of benzene rings is 1. The van der Waals surface area contributed by atoms with E-state index < -0.39 is 0 Å². The van der Waals surface area contributed by atoms with Gasteiger partial charge in [-0.25, -0.2) is 0 Å². The van der Waals surface area contributed by atoms with Crippen LogP contribution in [-0.2, 0) is 6.61 Å². The molecule has 0 bridgehead atoms. The fourth-order valence-electron chi connectivity index (χ4n) is 1.91. The van der Waals surface area contributed by atoms with Crippen LogP contribution in [0.25, 0.3) is 5.65 Å². The molecule has 2 heterocycles. The van der Waals surface area contributed by atoms with Gasteiger partial charge in [0.25, 0.3) is 0 Å². The molecule has 0 aliphatic rings. The van der Waals surface area contributed by atoms with Crippen LogP contribution in [0.5, 0.6) is 11.6 Å². The number of pyridine rings is 1. The number of rotatable bonds is 3. The summed E-state index contributed by atoms with van der Waals surface area (Å²) in [7, 11) is 0. The predicted molar refractivity (Wildman–Crippen MR) is 80.3 cm³/mol. The van der Waals surface area contributed by atoms with E-state index in [9.17, 15) is 5.11 Å². The van der Waals surface area contributed by atoms with Crippen molar-refractivity contribution in [3.8, 4) is 11.6 Å². The number of fused-ring (bicyclic) bond motifs is 1. The van der Waals surface area contributed by atoms with Crippen LogP contribution in [0, 0.1) is 0 Å². The molecule has 0 radical (unpaired) electrons. The summed E-state index contributed by atoms with van der Waals surface area (Å²) in [6.45, 7) is -0.172. The average Bonchev–Trinajstić information content (AvgIpc) is 2.79. The van der Waals surface area contributed by atoms with Crippen molar-refractivity contribution in [1.29, 1.82) is 0 Å². The molecule has 6 heteroatoms. The molecule has 0 fully saturated rings.